The Balaban J connectivity index is 2.02. The Morgan fingerprint density at radius 2 is 2.15 bits per heavy atom. The number of aromatic nitrogens is 2. The first kappa shape index (κ1) is 18.2. The van der Waals surface area contributed by atoms with Gasteiger partial charge in [-0.1, -0.05) is 18.2 Å². The third-order valence-corrected chi connectivity index (χ3v) is 4.62. The zero-order valence-electron chi connectivity index (χ0n) is 14.6. The first-order chi connectivity index (χ1) is 13.0. The van der Waals surface area contributed by atoms with Gasteiger partial charge in [0.05, 0.1) is 11.9 Å². The SMILES string of the molecule is Cc1cccc(-n2nc(C(=O)N/N=C\c3cccs3)c(C)c(C#N)c2=O)c1. The Kier molecular flexibility index (Phi) is 5.24. The number of amides is 1. The van der Waals surface area contributed by atoms with Crippen LogP contribution in [0.15, 0.2) is 51.7 Å². The minimum Gasteiger partial charge on any atom is -0.266 e. The van der Waals surface area contributed by atoms with Crippen LogP contribution in [0.1, 0.15) is 32.1 Å². The number of benzene rings is 1. The first-order valence-electron chi connectivity index (χ1n) is 7.99. The average Bonchev–Trinajstić information content (AvgIpc) is 3.15. The molecule has 3 rings (SSSR count). The second-order valence-electron chi connectivity index (χ2n) is 5.73. The quantitative estimate of drug-likeness (QED) is 0.558. The molecule has 0 atom stereocenters. The number of hydrogen-bond donors (Lipinski definition) is 1. The monoisotopic (exact) mass is 377 g/mol. The molecule has 1 N–H and O–H groups in total. The number of hydrogen-bond acceptors (Lipinski definition) is 6. The second kappa shape index (κ2) is 7.76. The van der Waals surface area contributed by atoms with E-state index in [1.165, 1.54) is 24.5 Å². The van der Waals surface area contributed by atoms with E-state index in [-0.39, 0.29) is 16.8 Å². The van der Waals surface area contributed by atoms with E-state index in [9.17, 15) is 14.9 Å². The number of nitriles is 1. The topological polar surface area (TPSA) is 100 Å². The predicted molar refractivity (Wildman–Crippen MR) is 103 cm³/mol. The molecule has 2 heterocycles. The van der Waals surface area contributed by atoms with Crippen molar-refractivity contribution >= 4 is 23.5 Å². The molecule has 3 aromatic rings. The lowest BCUT2D eigenvalue weighted by atomic mass is 10.1. The molecule has 0 bridgehead atoms. The first-order valence-corrected chi connectivity index (χ1v) is 8.87. The van der Waals surface area contributed by atoms with E-state index in [4.69, 9.17) is 0 Å². The third kappa shape index (κ3) is 3.83. The molecule has 2 aromatic heterocycles. The van der Waals surface area contributed by atoms with Gasteiger partial charge in [-0.15, -0.1) is 11.3 Å². The van der Waals surface area contributed by atoms with Crippen LogP contribution in [0.4, 0.5) is 0 Å². The summed E-state index contributed by atoms with van der Waals surface area (Å²) in [5.41, 5.74) is 3.28. The van der Waals surface area contributed by atoms with E-state index >= 15 is 0 Å². The fraction of sp³-hybridized carbons (Fsp3) is 0.105. The minimum atomic E-state index is -0.599. The van der Waals surface area contributed by atoms with Gasteiger partial charge >= 0.3 is 0 Å². The van der Waals surface area contributed by atoms with Crippen molar-refractivity contribution < 1.29 is 4.79 Å². The van der Waals surface area contributed by atoms with Gasteiger partial charge in [0, 0.05) is 10.4 Å². The molecule has 7 nitrogen and oxygen atoms in total. The molecule has 0 saturated carbocycles. The van der Waals surface area contributed by atoms with Crippen LogP contribution in [0.2, 0.25) is 0 Å². The maximum atomic E-state index is 12.6. The Morgan fingerprint density at radius 1 is 1.33 bits per heavy atom. The number of nitrogens with one attached hydrogen (secondary N) is 1. The van der Waals surface area contributed by atoms with E-state index in [2.05, 4.69) is 15.6 Å². The number of hydrazone groups is 1. The number of nitrogens with zero attached hydrogens (tertiary/aromatic N) is 4. The van der Waals surface area contributed by atoms with Crippen LogP contribution in [0.3, 0.4) is 0 Å². The van der Waals surface area contributed by atoms with Gasteiger partial charge in [-0.3, -0.25) is 9.59 Å². The van der Waals surface area contributed by atoms with Crippen molar-refractivity contribution in [3.05, 3.63) is 79.4 Å². The second-order valence-corrected chi connectivity index (χ2v) is 6.71. The number of carbonyl (C=O) groups excluding carboxylic acids is 1. The molecular formula is C19H15N5O2S. The van der Waals surface area contributed by atoms with Crippen LogP contribution >= 0.6 is 11.3 Å². The molecule has 8 heteroatoms. The van der Waals surface area contributed by atoms with Gasteiger partial charge in [0.25, 0.3) is 11.5 Å². The van der Waals surface area contributed by atoms with Crippen molar-refractivity contribution in [1.29, 1.82) is 5.26 Å². The minimum absolute atomic E-state index is 0.0315. The van der Waals surface area contributed by atoms with Crippen LogP contribution in [-0.4, -0.2) is 21.9 Å². The smallest absolute Gasteiger partial charge is 0.266 e. The van der Waals surface area contributed by atoms with Gasteiger partial charge in [-0.2, -0.15) is 20.1 Å². The fourth-order valence-electron chi connectivity index (χ4n) is 2.46. The van der Waals surface area contributed by atoms with Crippen molar-refractivity contribution in [1.82, 2.24) is 15.2 Å². The molecule has 1 amide bonds. The average molecular weight is 377 g/mol. The molecule has 0 aliphatic rings. The highest BCUT2D eigenvalue weighted by atomic mass is 32.1. The predicted octanol–water partition coefficient (Wildman–Crippen LogP) is 2.55. The van der Waals surface area contributed by atoms with Crippen molar-refractivity contribution in [2.24, 2.45) is 5.10 Å². The Labute approximate surface area is 159 Å². The molecule has 0 unspecified atom stereocenters. The summed E-state index contributed by atoms with van der Waals surface area (Å²) in [6, 6.07) is 12.7. The lowest BCUT2D eigenvalue weighted by Crippen LogP contribution is -2.31. The van der Waals surface area contributed by atoms with E-state index in [1.54, 1.807) is 18.2 Å². The summed E-state index contributed by atoms with van der Waals surface area (Å²) in [6.45, 7) is 3.40. The van der Waals surface area contributed by atoms with Gasteiger partial charge < -0.3 is 0 Å². The normalized spacial score (nSPS) is 10.7. The van der Waals surface area contributed by atoms with Gasteiger partial charge in [0.1, 0.15) is 11.6 Å². The molecule has 0 spiro atoms. The van der Waals surface area contributed by atoms with Crippen LogP contribution in [-0.2, 0) is 0 Å². The molecule has 0 saturated heterocycles. The van der Waals surface area contributed by atoms with Crippen LogP contribution in [0.25, 0.3) is 5.69 Å². The lowest BCUT2D eigenvalue weighted by Gasteiger charge is -2.11. The maximum absolute atomic E-state index is 12.6. The number of thiophene rings is 1. The van der Waals surface area contributed by atoms with Crippen molar-refractivity contribution in [2.75, 3.05) is 0 Å². The standard InChI is InChI=1S/C19H15N5O2S/c1-12-5-3-6-14(9-12)24-19(26)16(10-20)13(2)17(23-24)18(25)22-21-11-15-7-4-8-27-15/h3-9,11H,1-2H3,(H,22,25)/b21-11-. The molecule has 27 heavy (non-hydrogen) atoms. The third-order valence-electron chi connectivity index (χ3n) is 3.81. The van der Waals surface area contributed by atoms with Crippen LogP contribution < -0.4 is 11.0 Å². The van der Waals surface area contributed by atoms with Crippen LogP contribution in [0, 0.1) is 25.2 Å². The van der Waals surface area contributed by atoms with E-state index < -0.39 is 11.5 Å². The highest BCUT2D eigenvalue weighted by Gasteiger charge is 2.20. The van der Waals surface area contributed by atoms with Gasteiger partial charge in [-0.05, 0) is 43.0 Å². The van der Waals surface area contributed by atoms with E-state index in [1.807, 2.05) is 36.6 Å². The molecule has 0 aliphatic carbocycles. The molecular weight excluding hydrogens is 362 g/mol. The van der Waals surface area contributed by atoms with E-state index in [0.717, 1.165) is 15.1 Å². The molecule has 1 aromatic carbocycles. The van der Waals surface area contributed by atoms with Crippen molar-refractivity contribution in [3.8, 4) is 11.8 Å². The van der Waals surface area contributed by atoms with Crippen LogP contribution in [0.5, 0.6) is 0 Å². The largest absolute Gasteiger partial charge is 0.292 e. The molecule has 134 valence electrons. The highest BCUT2D eigenvalue weighted by Crippen LogP contribution is 2.12. The summed E-state index contributed by atoms with van der Waals surface area (Å²) in [4.78, 5) is 26.0. The zero-order chi connectivity index (χ0) is 19.4. The number of rotatable bonds is 4. The highest BCUT2D eigenvalue weighted by molar-refractivity contribution is 7.11. The summed E-state index contributed by atoms with van der Waals surface area (Å²) in [6.07, 6.45) is 1.51. The molecule has 0 fully saturated rings. The zero-order valence-corrected chi connectivity index (χ0v) is 15.4. The van der Waals surface area contributed by atoms with E-state index in [0.29, 0.717) is 5.69 Å². The Bertz CT molecular complexity index is 1120. The van der Waals surface area contributed by atoms with Gasteiger partial charge in [0.15, 0.2) is 5.69 Å². The fourth-order valence-corrected chi connectivity index (χ4v) is 3.04. The number of carbonyl (C=O) groups is 1. The summed E-state index contributed by atoms with van der Waals surface area (Å²) in [5, 5.41) is 19.4. The Hall–Kier alpha value is -3.57. The number of aryl methyl sites for hydroxylation is 1. The van der Waals surface area contributed by atoms with Gasteiger partial charge in [-0.25, -0.2) is 5.43 Å². The van der Waals surface area contributed by atoms with Crippen molar-refractivity contribution in [3.63, 3.8) is 0 Å². The lowest BCUT2D eigenvalue weighted by molar-refractivity contribution is 0.0947. The summed E-state index contributed by atoms with van der Waals surface area (Å²) >= 11 is 1.48. The summed E-state index contributed by atoms with van der Waals surface area (Å²) in [7, 11) is 0. The van der Waals surface area contributed by atoms with Crippen molar-refractivity contribution in [2.45, 2.75) is 13.8 Å². The summed E-state index contributed by atoms with van der Waals surface area (Å²) < 4.78 is 1.07. The molecule has 0 aliphatic heterocycles. The van der Waals surface area contributed by atoms with Gasteiger partial charge in [0.2, 0.25) is 0 Å². The molecule has 0 radical (unpaired) electrons. The maximum Gasteiger partial charge on any atom is 0.292 e. The summed E-state index contributed by atoms with van der Waals surface area (Å²) in [5.74, 6) is -0.599. The Morgan fingerprint density at radius 3 is 2.81 bits per heavy atom.